The van der Waals surface area contributed by atoms with Crippen LogP contribution in [0.1, 0.15) is 19.4 Å². The summed E-state index contributed by atoms with van der Waals surface area (Å²) in [5.41, 5.74) is 1.08. The van der Waals surface area contributed by atoms with Gasteiger partial charge >= 0.3 is 12.1 Å². The Labute approximate surface area is 198 Å². The van der Waals surface area contributed by atoms with Crippen LogP contribution in [0.25, 0.3) is 0 Å². The lowest BCUT2D eigenvalue weighted by molar-refractivity contribution is -0.0954. The minimum absolute atomic E-state index is 0.295. The molecule has 0 aromatic heterocycles. The molecule has 0 saturated carbocycles. The number of carbonyl (C=O) groups excluding carboxylic acids is 2. The molecule has 34 heavy (non-hydrogen) atoms. The molecule has 0 radical (unpaired) electrons. The van der Waals surface area contributed by atoms with Crippen LogP contribution >= 0.6 is 0 Å². The number of para-hydroxylation sites is 2. The van der Waals surface area contributed by atoms with E-state index in [9.17, 15) is 14.8 Å². The molecule has 176 valence electrons. The van der Waals surface area contributed by atoms with Gasteiger partial charge in [-0.05, 0) is 55.8 Å². The molecule has 0 spiro atoms. The molecule has 8 heteroatoms. The summed E-state index contributed by atoms with van der Waals surface area (Å²) < 4.78 is 5.23. The van der Waals surface area contributed by atoms with Crippen LogP contribution in [0.3, 0.4) is 0 Å². The monoisotopic (exact) mass is 460 g/mol. The van der Waals surface area contributed by atoms with Crippen LogP contribution in [-0.2, 0) is 6.54 Å². The number of hydrogen-bond donors (Lipinski definition) is 2. The summed E-state index contributed by atoms with van der Waals surface area (Å²) in [6.07, 6.45) is -0.982. The number of rotatable bonds is 6. The van der Waals surface area contributed by atoms with Crippen LogP contribution < -0.4 is 15.0 Å². The average Bonchev–Trinajstić information content (AvgIpc) is 3.05. The molecule has 4 amide bonds. The van der Waals surface area contributed by atoms with Crippen molar-refractivity contribution in [1.82, 2.24) is 9.96 Å². The zero-order valence-electron chi connectivity index (χ0n) is 19.4. The van der Waals surface area contributed by atoms with Gasteiger partial charge in [0.05, 0.1) is 12.6 Å². The predicted molar refractivity (Wildman–Crippen MR) is 130 cm³/mol. The quantitative estimate of drug-likeness (QED) is 0.393. The number of nitrogens with one attached hydrogen (secondary N) is 1. The summed E-state index contributed by atoms with van der Waals surface area (Å²) in [6.45, 7) is 3.96. The van der Waals surface area contributed by atoms with Crippen molar-refractivity contribution in [3.05, 3.63) is 90.5 Å². The van der Waals surface area contributed by atoms with Crippen molar-refractivity contribution in [2.75, 3.05) is 17.3 Å². The Hall–Kier alpha value is -4.04. The summed E-state index contributed by atoms with van der Waals surface area (Å²) >= 11 is 0. The van der Waals surface area contributed by atoms with Gasteiger partial charge in [-0.25, -0.2) is 9.59 Å². The molecular weight excluding hydrogens is 432 g/mol. The molecule has 1 aliphatic heterocycles. The number of carbonyl (C=O) groups is 2. The van der Waals surface area contributed by atoms with Crippen molar-refractivity contribution < 1.29 is 19.5 Å². The van der Waals surface area contributed by atoms with Gasteiger partial charge in [-0.2, -0.15) is 5.06 Å². The van der Waals surface area contributed by atoms with E-state index in [1.54, 1.807) is 48.4 Å². The van der Waals surface area contributed by atoms with Crippen LogP contribution in [0, 0.1) is 0 Å². The number of amides is 4. The Morgan fingerprint density at radius 3 is 2.18 bits per heavy atom. The van der Waals surface area contributed by atoms with Gasteiger partial charge in [0.1, 0.15) is 5.75 Å². The van der Waals surface area contributed by atoms with E-state index in [0.29, 0.717) is 23.0 Å². The van der Waals surface area contributed by atoms with Crippen molar-refractivity contribution in [1.29, 1.82) is 0 Å². The van der Waals surface area contributed by atoms with Crippen LogP contribution in [0.4, 0.5) is 21.0 Å². The van der Waals surface area contributed by atoms with E-state index in [2.05, 4.69) is 5.32 Å². The normalized spacial score (nSPS) is 16.9. The average molecular weight is 461 g/mol. The fourth-order valence-electron chi connectivity index (χ4n) is 4.18. The third-order valence-corrected chi connectivity index (χ3v) is 6.01. The fraction of sp³-hybridized carbons (Fsp3) is 0.231. The van der Waals surface area contributed by atoms with Gasteiger partial charge in [-0.3, -0.25) is 10.1 Å². The van der Waals surface area contributed by atoms with Gasteiger partial charge in [-0.1, -0.05) is 48.5 Å². The summed E-state index contributed by atoms with van der Waals surface area (Å²) in [6, 6.07) is 24.3. The van der Waals surface area contributed by atoms with Crippen LogP contribution in [0.5, 0.6) is 5.75 Å². The second-order valence-corrected chi connectivity index (χ2v) is 8.59. The smallest absolute Gasteiger partial charge is 0.347 e. The van der Waals surface area contributed by atoms with E-state index in [-0.39, 0.29) is 6.03 Å². The Bertz CT molecular complexity index is 1140. The number of methoxy groups -OCH3 is 1. The first-order chi connectivity index (χ1) is 16.3. The second-order valence-electron chi connectivity index (χ2n) is 8.59. The molecular formula is C26H28N4O4. The highest BCUT2D eigenvalue weighted by Crippen LogP contribution is 2.39. The van der Waals surface area contributed by atoms with E-state index in [4.69, 9.17) is 4.74 Å². The molecule has 1 aliphatic rings. The van der Waals surface area contributed by atoms with Gasteiger partial charge in [0, 0.05) is 17.9 Å². The predicted octanol–water partition coefficient (Wildman–Crippen LogP) is 5.17. The zero-order valence-corrected chi connectivity index (χ0v) is 19.4. The largest absolute Gasteiger partial charge is 0.497 e. The van der Waals surface area contributed by atoms with Crippen molar-refractivity contribution in [3.63, 3.8) is 0 Å². The Morgan fingerprint density at radius 2 is 1.59 bits per heavy atom. The third-order valence-electron chi connectivity index (χ3n) is 6.01. The lowest BCUT2D eigenvalue weighted by Crippen LogP contribution is -2.58. The van der Waals surface area contributed by atoms with E-state index < -0.39 is 17.7 Å². The summed E-state index contributed by atoms with van der Waals surface area (Å²) in [5.74, 6) is 0.721. The van der Waals surface area contributed by atoms with Crippen molar-refractivity contribution >= 4 is 23.4 Å². The number of benzene rings is 3. The van der Waals surface area contributed by atoms with Crippen molar-refractivity contribution in [3.8, 4) is 5.75 Å². The first-order valence-corrected chi connectivity index (χ1v) is 11.0. The highest BCUT2D eigenvalue weighted by Gasteiger charge is 2.56. The van der Waals surface area contributed by atoms with Crippen LogP contribution in [0.2, 0.25) is 0 Å². The second kappa shape index (κ2) is 9.44. The van der Waals surface area contributed by atoms with Gasteiger partial charge < -0.3 is 15.0 Å². The van der Waals surface area contributed by atoms with E-state index in [1.165, 1.54) is 4.90 Å². The minimum atomic E-state index is -0.982. The summed E-state index contributed by atoms with van der Waals surface area (Å²) in [7, 11) is 1.60. The number of urea groups is 2. The number of hydrogen-bond acceptors (Lipinski definition) is 4. The Kier molecular flexibility index (Phi) is 6.43. The molecule has 1 fully saturated rings. The lowest BCUT2D eigenvalue weighted by Gasteiger charge is -2.38. The number of hydroxylamine groups is 2. The summed E-state index contributed by atoms with van der Waals surface area (Å²) in [4.78, 5) is 29.8. The highest BCUT2D eigenvalue weighted by atomic mass is 16.5. The maximum atomic E-state index is 13.7. The van der Waals surface area contributed by atoms with E-state index in [0.717, 1.165) is 11.3 Å². The Balaban J connectivity index is 1.67. The molecule has 1 atom stereocenters. The fourth-order valence-corrected chi connectivity index (χ4v) is 4.18. The minimum Gasteiger partial charge on any atom is -0.497 e. The van der Waals surface area contributed by atoms with Crippen LogP contribution in [-0.4, -0.2) is 46.0 Å². The molecule has 1 unspecified atom stereocenters. The molecule has 1 heterocycles. The highest BCUT2D eigenvalue weighted by molar-refractivity contribution is 5.98. The van der Waals surface area contributed by atoms with Crippen molar-refractivity contribution in [2.24, 2.45) is 0 Å². The molecule has 8 nitrogen and oxygen atoms in total. The van der Waals surface area contributed by atoms with Gasteiger partial charge in [-0.15, -0.1) is 0 Å². The number of ether oxygens (including phenoxy) is 1. The topological polar surface area (TPSA) is 85.3 Å². The third kappa shape index (κ3) is 4.40. The molecule has 0 bridgehead atoms. The molecule has 4 rings (SSSR count). The van der Waals surface area contributed by atoms with Gasteiger partial charge in [0.15, 0.2) is 6.17 Å². The first kappa shape index (κ1) is 23.1. The molecule has 2 N–H and O–H groups in total. The molecule has 1 saturated heterocycles. The maximum Gasteiger partial charge on any atom is 0.347 e. The van der Waals surface area contributed by atoms with Gasteiger partial charge in [0.25, 0.3) is 0 Å². The number of anilines is 2. The Morgan fingerprint density at radius 1 is 1.00 bits per heavy atom. The van der Waals surface area contributed by atoms with Gasteiger partial charge in [0.2, 0.25) is 0 Å². The maximum absolute atomic E-state index is 13.7. The van der Waals surface area contributed by atoms with E-state index >= 15 is 0 Å². The summed E-state index contributed by atoms with van der Waals surface area (Å²) in [5, 5.41) is 14.4. The standard InChI is InChI=1S/C26H28N4O4/c1-26(2)23(30(33)24(31)27-20-10-6-4-7-11-20)29(21-12-8-5-9-13-21)25(32)28(26)18-19-14-16-22(34-3)17-15-19/h4-17,23,33H,18H2,1-3H3,(H,27,31). The molecule has 3 aromatic carbocycles. The molecule has 3 aromatic rings. The van der Waals surface area contributed by atoms with E-state index in [1.807, 2.05) is 62.4 Å². The SMILES string of the molecule is COc1ccc(CN2C(=O)N(c3ccccc3)C(N(O)C(=O)Nc3ccccc3)C2(C)C)cc1. The lowest BCUT2D eigenvalue weighted by atomic mass is 9.99. The zero-order chi connectivity index (χ0) is 24.3. The molecule has 0 aliphatic carbocycles. The van der Waals surface area contributed by atoms with Crippen LogP contribution in [0.15, 0.2) is 84.9 Å². The van der Waals surface area contributed by atoms with Crippen molar-refractivity contribution in [2.45, 2.75) is 32.1 Å². The number of nitrogens with zero attached hydrogens (tertiary/aromatic N) is 3. The first-order valence-electron chi connectivity index (χ1n) is 11.0.